The van der Waals surface area contributed by atoms with E-state index in [0.717, 1.165) is 0 Å². The van der Waals surface area contributed by atoms with Crippen LogP contribution in [-0.2, 0) is 4.74 Å². The summed E-state index contributed by atoms with van der Waals surface area (Å²) in [5.74, 6) is 5.24. The molecule has 4 nitrogen and oxygen atoms in total. The van der Waals surface area contributed by atoms with E-state index in [-0.39, 0.29) is 19.0 Å². The van der Waals surface area contributed by atoms with E-state index in [9.17, 15) is 9.18 Å². The molecule has 6 heteroatoms. The molecule has 1 aromatic carbocycles. The second-order valence-electron chi connectivity index (χ2n) is 3.77. The van der Waals surface area contributed by atoms with Gasteiger partial charge in [0, 0.05) is 5.56 Å². The second-order valence-corrected chi connectivity index (χ2v) is 4.18. The molecule has 94 valence electrons. The highest BCUT2D eigenvalue weighted by atomic mass is 35.5. The number of alkyl halides is 1. The largest absolute Gasteiger partial charge is 0.410 e. The van der Waals surface area contributed by atoms with Crippen LogP contribution in [0.3, 0.4) is 0 Å². The van der Waals surface area contributed by atoms with Gasteiger partial charge in [-0.15, -0.1) is 0 Å². The van der Waals surface area contributed by atoms with Gasteiger partial charge in [-0.25, -0.2) is 9.18 Å². The predicted molar refractivity (Wildman–Crippen MR) is 63.2 cm³/mol. The summed E-state index contributed by atoms with van der Waals surface area (Å²) in [5.41, 5.74) is 3.62. The second kappa shape index (κ2) is 4.84. The number of rotatable bonds is 1. The summed E-state index contributed by atoms with van der Waals surface area (Å²) < 4.78 is 23.0. The highest BCUT2D eigenvalue weighted by molar-refractivity contribution is 6.31. The third kappa shape index (κ3) is 2.92. The maximum atomic E-state index is 13.6. The summed E-state index contributed by atoms with van der Waals surface area (Å²) in [7, 11) is 0. The van der Waals surface area contributed by atoms with Gasteiger partial charge in [0.25, 0.3) is 0 Å². The van der Waals surface area contributed by atoms with Crippen LogP contribution in [0.1, 0.15) is 5.56 Å². The first kappa shape index (κ1) is 12.7. The van der Waals surface area contributed by atoms with Crippen molar-refractivity contribution in [1.29, 1.82) is 0 Å². The summed E-state index contributed by atoms with van der Waals surface area (Å²) in [6, 6.07) is 4.38. The van der Waals surface area contributed by atoms with E-state index in [1.165, 1.54) is 18.2 Å². The molecule has 0 bridgehead atoms. The fourth-order valence-corrected chi connectivity index (χ4v) is 1.48. The number of benzene rings is 1. The van der Waals surface area contributed by atoms with Crippen LogP contribution in [0, 0.1) is 11.8 Å². The molecule has 1 fully saturated rings. The number of hydrogen-bond acceptors (Lipinski definition) is 3. The van der Waals surface area contributed by atoms with Crippen LogP contribution in [0.25, 0.3) is 0 Å². The molecule has 2 rings (SSSR count). The topological polar surface area (TPSA) is 61.6 Å². The molecule has 1 saturated heterocycles. The number of amides is 1. The Labute approximate surface area is 108 Å². The van der Waals surface area contributed by atoms with Gasteiger partial charge in [-0.3, -0.25) is 0 Å². The molecule has 0 radical (unpaired) electrons. The molecule has 1 amide bonds. The molecule has 2 N–H and O–H groups in total. The van der Waals surface area contributed by atoms with Gasteiger partial charge in [0.05, 0.1) is 18.2 Å². The molecule has 0 unspecified atom stereocenters. The standard InChI is InChI=1S/C12H9ClFNO3/c13-10-2-1-9(18-11(15)16)5-8(10)3-4-12(14)6-17-7-12/h1-2,5H,6-7H2,(H2,15,16). The first-order valence-electron chi connectivity index (χ1n) is 5.05. The number of ether oxygens (including phenoxy) is 2. The summed E-state index contributed by atoms with van der Waals surface area (Å²) in [6.45, 7) is -0.0931. The van der Waals surface area contributed by atoms with Crippen LogP contribution in [0.5, 0.6) is 5.75 Å². The maximum absolute atomic E-state index is 13.6. The molecule has 0 aromatic heterocycles. The smallest absolute Gasteiger partial charge is 0.409 e. The van der Waals surface area contributed by atoms with E-state index in [0.29, 0.717) is 10.6 Å². The van der Waals surface area contributed by atoms with Gasteiger partial charge in [0.15, 0.2) is 0 Å². The van der Waals surface area contributed by atoms with Crippen molar-refractivity contribution >= 4 is 17.7 Å². The summed E-state index contributed by atoms with van der Waals surface area (Å²) in [6.07, 6.45) is -0.939. The van der Waals surface area contributed by atoms with E-state index in [2.05, 4.69) is 16.6 Å². The van der Waals surface area contributed by atoms with Crippen molar-refractivity contribution in [3.8, 4) is 17.6 Å². The molecule has 0 spiro atoms. The van der Waals surface area contributed by atoms with Crippen molar-refractivity contribution in [3.05, 3.63) is 28.8 Å². The molecule has 0 aliphatic carbocycles. The van der Waals surface area contributed by atoms with Crippen LogP contribution >= 0.6 is 11.6 Å². The Bertz CT molecular complexity index is 546. The van der Waals surface area contributed by atoms with E-state index in [1.807, 2.05) is 0 Å². The van der Waals surface area contributed by atoms with Crippen molar-refractivity contribution in [2.75, 3.05) is 13.2 Å². The number of hydrogen-bond donors (Lipinski definition) is 1. The fraction of sp³-hybridized carbons (Fsp3) is 0.250. The molecule has 1 aliphatic rings. The molecule has 1 aliphatic heterocycles. The van der Waals surface area contributed by atoms with Crippen molar-refractivity contribution < 1.29 is 18.7 Å². The van der Waals surface area contributed by atoms with Crippen LogP contribution in [0.4, 0.5) is 9.18 Å². The first-order valence-corrected chi connectivity index (χ1v) is 5.43. The highest BCUT2D eigenvalue weighted by Gasteiger charge is 2.36. The van der Waals surface area contributed by atoms with Crippen molar-refractivity contribution in [3.63, 3.8) is 0 Å². The molecule has 18 heavy (non-hydrogen) atoms. The lowest BCUT2D eigenvalue weighted by atomic mass is 10.1. The van der Waals surface area contributed by atoms with Crippen molar-refractivity contribution in [2.45, 2.75) is 5.67 Å². The maximum Gasteiger partial charge on any atom is 0.409 e. The third-order valence-electron chi connectivity index (χ3n) is 2.24. The molecule has 0 atom stereocenters. The van der Waals surface area contributed by atoms with E-state index in [4.69, 9.17) is 22.1 Å². The van der Waals surface area contributed by atoms with Crippen molar-refractivity contribution in [1.82, 2.24) is 0 Å². The zero-order valence-electron chi connectivity index (χ0n) is 9.20. The highest BCUT2D eigenvalue weighted by Crippen LogP contribution is 2.24. The normalized spacial score (nSPS) is 16.1. The Hall–Kier alpha value is -1.77. The number of halogens is 2. The zero-order valence-corrected chi connectivity index (χ0v) is 9.96. The van der Waals surface area contributed by atoms with Crippen LogP contribution in [-0.4, -0.2) is 25.0 Å². The Morgan fingerprint density at radius 3 is 2.83 bits per heavy atom. The van der Waals surface area contributed by atoms with Gasteiger partial charge in [-0.1, -0.05) is 23.4 Å². The Balaban J connectivity index is 2.23. The lowest BCUT2D eigenvalue weighted by Crippen LogP contribution is -2.44. The minimum Gasteiger partial charge on any atom is -0.410 e. The minimum absolute atomic E-state index is 0.0465. The fourth-order valence-electron chi connectivity index (χ4n) is 1.31. The van der Waals surface area contributed by atoms with Gasteiger partial charge >= 0.3 is 6.09 Å². The van der Waals surface area contributed by atoms with Gasteiger partial charge in [-0.2, -0.15) is 0 Å². The molecule has 0 saturated carbocycles. The van der Waals surface area contributed by atoms with Gasteiger partial charge in [0.2, 0.25) is 5.67 Å². The SMILES string of the molecule is NC(=O)Oc1ccc(Cl)c(C#CC2(F)COC2)c1. The van der Waals surface area contributed by atoms with E-state index in [1.54, 1.807) is 0 Å². The van der Waals surface area contributed by atoms with Crippen LogP contribution in [0.2, 0.25) is 5.02 Å². The summed E-state index contributed by atoms with van der Waals surface area (Å²) in [5, 5.41) is 0.336. The monoisotopic (exact) mass is 269 g/mol. The van der Waals surface area contributed by atoms with E-state index >= 15 is 0 Å². The number of carbonyl (C=O) groups is 1. The van der Waals surface area contributed by atoms with Crippen LogP contribution in [0.15, 0.2) is 18.2 Å². The quantitative estimate of drug-likeness (QED) is 0.792. The number of carbonyl (C=O) groups excluding carboxylic acids is 1. The van der Waals surface area contributed by atoms with Crippen LogP contribution < -0.4 is 10.5 Å². The number of nitrogens with two attached hydrogens (primary N) is 1. The van der Waals surface area contributed by atoms with Gasteiger partial charge in [-0.05, 0) is 18.2 Å². The summed E-state index contributed by atoms with van der Waals surface area (Å²) >= 11 is 5.89. The van der Waals surface area contributed by atoms with Gasteiger partial charge in [0.1, 0.15) is 5.75 Å². The predicted octanol–water partition coefficient (Wildman–Crippen LogP) is 1.89. The average molecular weight is 270 g/mol. The Morgan fingerprint density at radius 2 is 2.28 bits per heavy atom. The Morgan fingerprint density at radius 1 is 1.56 bits per heavy atom. The minimum atomic E-state index is -1.62. The third-order valence-corrected chi connectivity index (χ3v) is 2.57. The van der Waals surface area contributed by atoms with E-state index < -0.39 is 11.8 Å². The number of primary amides is 1. The lowest BCUT2D eigenvalue weighted by molar-refractivity contribution is -0.0934. The Kier molecular flexibility index (Phi) is 3.41. The first-order chi connectivity index (χ1) is 8.48. The lowest BCUT2D eigenvalue weighted by Gasteiger charge is -2.28. The zero-order chi connectivity index (χ0) is 13.2. The summed E-state index contributed by atoms with van der Waals surface area (Å²) in [4.78, 5) is 10.6. The van der Waals surface area contributed by atoms with Crippen molar-refractivity contribution in [2.24, 2.45) is 5.73 Å². The average Bonchev–Trinajstić information content (AvgIpc) is 2.26. The molecule has 1 heterocycles. The molecular formula is C12H9ClFNO3. The molecule has 1 aromatic rings. The molecular weight excluding hydrogens is 261 g/mol. The van der Waals surface area contributed by atoms with Gasteiger partial charge < -0.3 is 15.2 Å².